The average molecular weight is 584 g/mol. The summed E-state index contributed by atoms with van der Waals surface area (Å²) in [4.78, 5) is 53.5. The van der Waals surface area contributed by atoms with E-state index in [9.17, 15) is 29.4 Å². The van der Waals surface area contributed by atoms with Gasteiger partial charge in [0.25, 0.3) is 0 Å². The van der Waals surface area contributed by atoms with Crippen LogP contribution in [-0.2, 0) is 38.1 Å². The van der Waals surface area contributed by atoms with Gasteiger partial charge in [0.1, 0.15) is 17.8 Å². The van der Waals surface area contributed by atoms with Gasteiger partial charge in [-0.15, -0.1) is 0 Å². The molecule has 7 atom stereocenters. The Labute approximate surface area is 238 Å². The second-order valence-electron chi connectivity index (χ2n) is 11.3. The Hall–Kier alpha value is -2.08. The summed E-state index contributed by atoms with van der Waals surface area (Å²) in [5, 5.41) is 28.3. The molecule has 5 aliphatic rings. The lowest BCUT2D eigenvalue weighted by Gasteiger charge is -2.47. The number of ether oxygens (including phenoxy) is 4. The van der Waals surface area contributed by atoms with Crippen molar-refractivity contribution in [3.8, 4) is 0 Å². The summed E-state index contributed by atoms with van der Waals surface area (Å²) in [5.41, 5.74) is -1.22. The van der Waals surface area contributed by atoms with Gasteiger partial charge >= 0.3 is 0 Å². The van der Waals surface area contributed by atoms with Crippen molar-refractivity contribution >= 4 is 23.6 Å². The lowest BCUT2D eigenvalue weighted by Crippen LogP contribution is -2.69. The number of amides is 4. The van der Waals surface area contributed by atoms with Crippen molar-refractivity contribution in [1.29, 1.82) is 0 Å². The molecule has 0 aromatic heterocycles. The number of hydrogen-bond donors (Lipinski definition) is 4. The van der Waals surface area contributed by atoms with Crippen molar-refractivity contribution in [2.45, 2.75) is 55.9 Å². The highest BCUT2D eigenvalue weighted by molar-refractivity contribution is 6.05. The number of aliphatic hydroxyl groups is 2. The molecule has 0 spiro atoms. The van der Waals surface area contributed by atoms with Crippen LogP contribution in [-0.4, -0.2) is 164 Å². The van der Waals surface area contributed by atoms with Crippen LogP contribution in [0.3, 0.4) is 0 Å². The quantitative estimate of drug-likeness (QED) is 0.123. The molecule has 2 bridgehead atoms. The van der Waals surface area contributed by atoms with E-state index in [0.717, 1.165) is 18.0 Å². The van der Waals surface area contributed by atoms with Gasteiger partial charge in [-0.2, -0.15) is 0 Å². The SMILES string of the molecule is CC1CC(=O)N(CCOCCOCCN2C(=O)CC(NC[C@@]34CO[C@@H](O3)[C@@H](N3CCNCC3)[C@@H](O)[C@H]4O)C2=O)C1=O. The maximum Gasteiger partial charge on any atom is 0.246 e. The summed E-state index contributed by atoms with van der Waals surface area (Å²) in [7, 11) is 0. The van der Waals surface area contributed by atoms with Crippen molar-refractivity contribution < 1.29 is 48.3 Å². The van der Waals surface area contributed by atoms with Gasteiger partial charge in [-0.25, -0.2) is 0 Å². The van der Waals surface area contributed by atoms with Crippen LogP contribution in [0.1, 0.15) is 19.8 Å². The van der Waals surface area contributed by atoms with Crippen molar-refractivity contribution in [3.63, 3.8) is 0 Å². The van der Waals surface area contributed by atoms with E-state index in [-0.39, 0.29) is 95.1 Å². The zero-order valence-electron chi connectivity index (χ0n) is 23.4. The number of hydrogen-bond acceptors (Lipinski definition) is 13. The monoisotopic (exact) mass is 583 g/mol. The highest BCUT2D eigenvalue weighted by atomic mass is 16.7. The predicted molar refractivity (Wildman–Crippen MR) is 139 cm³/mol. The summed E-state index contributed by atoms with van der Waals surface area (Å²) in [5.74, 6) is -1.36. The Bertz CT molecular complexity index is 996. The Morgan fingerprint density at radius 1 is 0.951 bits per heavy atom. The molecule has 15 nitrogen and oxygen atoms in total. The molecule has 4 amide bonds. The zero-order chi connectivity index (χ0) is 29.1. The zero-order valence-corrected chi connectivity index (χ0v) is 23.4. The average Bonchev–Trinajstić information content (AvgIpc) is 3.56. The topological polar surface area (TPSA) is 179 Å². The first kappa shape index (κ1) is 30.4. The minimum atomic E-state index is -1.23. The molecule has 5 saturated heterocycles. The summed E-state index contributed by atoms with van der Waals surface area (Å²) < 4.78 is 22.9. The van der Waals surface area contributed by atoms with Gasteiger partial charge in [-0.05, 0) is 0 Å². The number of fused-ring (bicyclic) bond motifs is 2. The summed E-state index contributed by atoms with van der Waals surface area (Å²) >= 11 is 0. The molecule has 5 heterocycles. The number of carbonyl (C=O) groups is 4. The number of imide groups is 2. The summed E-state index contributed by atoms with van der Waals surface area (Å²) in [6.07, 6.45) is -2.80. The second-order valence-corrected chi connectivity index (χ2v) is 11.3. The van der Waals surface area contributed by atoms with Crippen LogP contribution in [0.5, 0.6) is 0 Å². The number of nitrogens with one attached hydrogen (secondary N) is 2. The summed E-state index contributed by atoms with van der Waals surface area (Å²) in [6.45, 7) is 5.89. The van der Waals surface area contributed by atoms with Crippen LogP contribution in [0.2, 0.25) is 0 Å². The Morgan fingerprint density at radius 2 is 1.59 bits per heavy atom. The number of nitrogens with zero attached hydrogens (tertiary/aromatic N) is 3. The highest BCUT2D eigenvalue weighted by Gasteiger charge is 2.60. The maximum atomic E-state index is 12.9. The number of aliphatic hydroxyl groups excluding tert-OH is 2. The van der Waals surface area contributed by atoms with E-state index < -0.39 is 36.2 Å². The lowest BCUT2D eigenvalue weighted by molar-refractivity contribution is -0.243. The van der Waals surface area contributed by atoms with Crippen molar-refractivity contribution in [2.24, 2.45) is 5.92 Å². The normalized spacial score (nSPS) is 36.3. The van der Waals surface area contributed by atoms with Gasteiger partial charge in [0.2, 0.25) is 23.6 Å². The van der Waals surface area contributed by atoms with Crippen LogP contribution >= 0.6 is 0 Å². The smallest absolute Gasteiger partial charge is 0.246 e. The van der Waals surface area contributed by atoms with Gasteiger partial charge in [-0.3, -0.25) is 33.9 Å². The largest absolute Gasteiger partial charge is 0.388 e. The molecule has 0 radical (unpaired) electrons. The number of piperazine rings is 1. The molecular weight excluding hydrogens is 542 g/mol. The molecule has 0 saturated carbocycles. The molecule has 15 heteroatoms. The third-order valence-corrected chi connectivity index (χ3v) is 8.56. The van der Waals surface area contributed by atoms with Gasteiger partial charge in [-0.1, -0.05) is 6.92 Å². The van der Waals surface area contributed by atoms with Crippen molar-refractivity contribution in [1.82, 2.24) is 25.3 Å². The molecule has 0 aromatic rings. The number of rotatable bonds is 13. The van der Waals surface area contributed by atoms with Crippen LogP contribution < -0.4 is 10.6 Å². The first-order chi connectivity index (χ1) is 19.7. The van der Waals surface area contributed by atoms with Crippen molar-refractivity contribution in [2.75, 3.05) is 78.8 Å². The molecule has 41 heavy (non-hydrogen) atoms. The van der Waals surface area contributed by atoms with E-state index in [4.69, 9.17) is 18.9 Å². The van der Waals surface area contributed by atoms with Crippen LogP contribution in [0.15, 0.2) is 0 Å². The Balaban J connectivity index is 1.00. The third-order valence-electron chi connectivity index (χ3n) is 8.56. The van der Waals surface area contributed by atoms with E-state index in [0.29, 0.717) is 13.1 Å². The first-order valence-electron chi connectivity index (χ1n) is 14.4. The van der Waals surface area contributed by atoms with Gasteiger partial charge < -0.3 is 39.8 Å². The molecule has 230 valence electrons. The molecule has 0 aromatic carbocycles. The van der Waals surface area contributed by atoms with Crippen molar-refractivity contribution in [3.05, 3.63) is 0 Å². The minimum Gasteiger partial charge on any atom is -0.388 e. The molecule has 2 unspecified atom stereocenters. The molecule has 0 aliphatic carbocycles. The van der Waals surface area contributed by atoms with Gasteiger partial charge in [0, 0.05) is 45.1 Å². The summed E-state index contributed by atoms with van der Waals surface area (Å²) in [6, 6.07) is -1.27. The number of likely N-dealkylation sites (tertiary alicyclic amines) is 2. The maximum absolute atomic E-state index is 12.9. The second kappa shape index (κ2) is 13.1. The highest BCUT2D eigenvalue weighted by Crippen LogP contribution is 2.39. The molecular formula is C26H41N5O10. The van der Waals surface area contributed by atoms with E-state index in [1.54, 1.807) is 6.92 Å². The standard InChI is InChI=1S/C26H41N5O10/c1-16-12-18(32)30(23(16)36)6-8-38-10-11-39-9-7-31-19(33)13-17(24(31)37)28-14-26-15-40-25(41-26)20(21(34)22(26)35)29-4-2-27-3-5-29/h16-17,20-22,25,27-28,34-35H,2-15H2,1H3/t16?,17?,20-,21+,22+,25-,26-/m0/s1. The fraction of sp³-hybridized carbons (Fsp3) is 0.846. The fourth-order valence-electron chi connectivity index (χ4n) is 6.16. The van der Waals surface area contributed by atoms with Gasteiger partial charge in [0.15, 0.2) is 6.29 Å². The van der Waals surface area contributed by atoms with E-state index in [1.165, 1.54) is 4.90 Å². The first-order valence-corrected chi connectivity index (χ1v) is 14.4. The molecule has 4 N–H and O–H groups in total. The van der Waals surface area contributed by atoms with Crippen LogP contribution in [0, 0.1) is 5.92 Å². The van der Waals surface area contributed by atoms with E-state index in [2.05, 4.69) is 15.5 Å². The van der Waals surface area contributed by atoms with Crippen LogP contribution in [0.25, 0.3) is 0 Å². The molecule has 5 aliphatic heterocycles. The minimum absolute atomic E-state index is 0.0308. The Kier molecular flexibility index (Phi) is 9.67. The molecule has 5 fully saturated rings. The fourth-order valence-corrected chi connectivity index (χ4v) is 6.16. The third kappa shape index (κ3) is 6.33. The lowest BCUT2D eigenvalue weighted by atomic mass is 9.86. The number of carbonyl (C=O) groups excluding carboxylic acids is 4. The predicted octanol–water partition coefficient (Wildman–Crippen LogP) is -3.75. The Morgan fingerprint density at radius 3 is 2.22 bits per heavy atom. The molecule has 5 rings (SSSR count). The van der Waals surface area contributed by atoms with Crippen LogP contribution in [0.4, 0.5) is 0 Å². The van der Waals surface area contributed by atoms with Gasteiger partial charge in [0.05, 0.1) is 64.6 Å². The van der Waals surface area contributed by atoms with E-state index >= 15 is 0 Å². The van der Waals surface area contributed by atoms with E-state index in [1.807, 2.05) is 0 Å².